The zero-order valence-electron chi connectivity index (χ0n) is 17.9. The summed E-state index contributed by atoms with van der Waals surface area (Å²) in [6.45, 7) is 7.82. The lowest BCUT2D eigenvalue weighted by Crippen LogP contribution is -2.62. The number of carbonyl (C=O) groups excluding carboxylic acids is 1. The number of ether oxygens (including phenoxy) is 1. The molecule has 2 atom stereocenters. The number of fused-ring (bicyclic) bond motifs is 1. The van der Waals surface area contributed by atoms with E-state index in [1.54, 1.807) is 24.1 Å². The molecule has 2 aromatic rings. The lowest BCUT2D eigenvalue weighted by Gasteiger charge is -2.46. The number of aromatic nitrogens is 3. The van der Waals surface area contributed by atoms with Crippen LogP contribution in [0.2, 0.25) is 5.15 Å². The summed E-state index contributed by atoms with van der Waals surface area (Å²) in [6.07, 6.45) is 0.251. The predicted octanol–water partition coefficient (Wildman–Crippen LogP) is 2.18. The van der Waals surface area contributed by atoms with E-state index in [4.69, 9.17) is 16.3 Å². The van der Waals surface area contributed by atoms with Crippen LogP contribution in [0.25, 0.3) is 11.0 Å². The van der Waals surface area contributed by atoms with Gasteiger partial charge in [-0.05, 0) is 39.3 Å². The predicted molar refractivity (Wildman–Crippen MR) is 115 cm³/mol. The molecule has 1 N–H and O–H groups in total. The Morgan fingerprint density at radius 1 is 1.27 bits per heavy atom. The van der Waals surface area contributed by atoms with E-state index in [0.717, 1.165) is 0 Å². The lowest BCUT2D eigenvalue weighted by molar-refractivity contribution is 0.00773. The van der Waals surface area contributed by atoms with Crippen LogP contribution in [0.4, 0.5) is 10.6 Å². The highest BCUT2D eigenvalue weighted by atomic mass is 35.5. The molecule has 164 valence electrons. The fourth-order valence-corrected chi connectivity index (χ4v) is 3.79. The Labute approximate surface area is 180 Å². The van der Waals surface area contributed by atoms with Gasteiger partial charge in [0.05, 0.1) is 24.2 Å². The number of rotatable bonds is 3. The summed E-state index contributed by atoms with van der Waals surface area (Å²) in [5, 5.41) is 10.4. The van der Waals surface area contributed by atoms with Crippen molar-refractivity contribution in [2.45, 2.75) is 51.8 Å². The number of amides is 1. The summed E-state index contributed by atoms with van der Waals surface area (Å²) in [6, 6.07) is 2.69. The molecular formula is C20H28ClN5O4. The van der Waals surface area contributed by atoms with E-state index in [0.29, 0.717) is 29.8 Å². The van der Waals surface area contributed by atoms with Crippen molar-refractivity contribution in [1.82, 2.24) is 19.4 Å². The Bertz CT molecular complexity index is 1000. The molecule has 1 amide bonds. The van der Waals surface area contributed by atoms with Crippen molar-refractivity contribution in [2.24, 2.45) is 7.05 Å². The first kappa shape index (κ1) is 22.3. The maximum atomic E-state index is 12.7. The number of halogens is 1. The second kappa shape index (κ2) is 8.39. The fraction of sp³-hybridized carbons (Fsp3) is 0.600. The van der Waals surface area contributed by atoms with E-state index < -0.39 is 23.4 Å². The normalized spacial score (nSPS) is 20.0. The topological polar surface area (TPSA) is 101 Å². The van der Waals surface area contributed by atoms with E-state index >= 15 is 0 Å². The molecule has 30 heavy (non-hydrogen) atoms. The first-order chi connectivity index (χ1) is 14.1. The smallest absolute Gasteiger partial charge is 0.410 e. The van der Waals surface area contributed by atoms with Gasteiger partial charge in [-0.2, -0.15) is 4.98 Å². The van der Waals surface area contributed by atoms with E-state index in [9.17, 15) is 14.7 Å². The van der Waals surface area contributed by atoms with Crippen LogP contribution in [-0.4, -0.2) is 68.0 Å². The average Bonchev–Trinajstić information content (AvgIpc) is 2.68. The van der Waals surface area contributed by atoms with E-state index in [1.807, 2.05) is 32.6 Å². The van der Waals surface area contributed by atoms with Crippen LogP contribution < -0.4 is 10.6 Å². The molecule has 10 heteroatoms. The van der Waals surface area contributed by atoms with Crippen molar-refractivity contribution in [3.8, 4) is 0 Å². The zero-order chi connectivity index (χ0) is 22.2. The van der Waals surface area contributed by atoms with Crippen LogP contribution in [0.3, 0.4) is 0 Å². The van der Waals surface area contributed by atoms with Crippen molar-refractivity contribution in [3.63, 3.8) is 0 Å². The summed E-state index contributed by atoms with van der Waals surface area (Å²) in [5.41, 5.74) is 0.0175. The Balaban J connectivity index is 2.04. The average molecular weight is 438 g/mol. The van der Waals surface area contributed by atoms with Crippen LogP contribution in [0.1, 0.15) is 34.1 Å². The zero-order valence-corrected chi connectivity index (χ0v) is 18.7. The molecule has 0 spiro atoms. The van der Waals surface area contributed by atoms with Crippen LogP contribution in [-0.2, 0) is 11.8 Å². The van der Waals surface area contributed by atoms with Gasteiger partial charge in [-0.15, -0.1) is 0 Å². The van der Waals surface area contributed by atoms with Gasteiger partial charge in [-0.25, -0.2) is 14.6 Å². The molecule has 3 rings (SSSR count). The van der Waals surface area contributed by atoms with Gasteiger partial charge in [-0.3, -0.25) is 4.57 Å². The molecule has 1 aliphatic rings. The maximum Gasteiger partial charge on any atom is 0.410 e. The van der Waals surface area contributed by atoms with Gasteiger partial charge >= 0.3 is 11.8 Å². The number of nitrogens with zero attached hydrogens (tertiary/aromatic N) is 5. The minimum atomic E-state index is -0.620. The third kappa shape index (κ3) is 4.37. The molecule has 9 nitrogen and oxygen atoms in total. The van der Waals surface area contributed by atoms with Gasteiger partial charge in [0.25, 0.3) is 0 Å². The third-order valence-electron chi connectivity index (χ3n) is 5.18. The molecule has 2 aromatic heterocycles. The molecule has 3 heterocycles. The first-order valence-corrected chi connectivity index (χ1v) is 10.3. The van der Waals surface area contributed by atoms with Crippen LogP contribution in [0.5, 0.6) is 0 Å². The number of piperazine rings is 1. The quantitative estimate of drug-likeness (QED) is 0.734. The van der Waals surface area contributed by atoms with Gasteiger partial charge in [0.2, 0.25) is 0 Å². The SMILES string of the molecule is CCC1CN(c2nc(=O)n(C)c3ccc(Cl)nc23)C(CO)CN1C(=O)OC(C)(C)C. The number of carbonyl (C=O) groups is 1. The standard InChI is InChI=1S/C20H28ClN5O4/c1-6-12-9-25(13(11-27)10-26(12)19(29)30-20(2,3)4)17-16-14(7-8-15(21)22-16)24(5)18(28)23-17/h7-8,12-13,27H,6,9-11H2,1-5H3. The summed E-state index contributed by atoms with van der Waals surface area (Å²) in [7, 11) is 1.62. The van der Waals surface area contributed by atoms with Crippen molar-refractivity contribution in [2.75, 3.05) is 24.6 Å². The molecule has 0 bridgehead atoms. The van der Waals surface area contributed by atoms with Gasteiger partial charge in [0.15, 0.2) is 5.82 Å². The van der Waals surface area contributed by atoms with Crippen molar-refractivity contribution >= 4 is 34.5 Å². The van der Waals surface area contributed by atoms with Gasteiger partial charge in [-0.1, -0.05) is 18.5 Å². The highest BCUT2D eigenvalue weighted by Gasteiger charge is 2.38. The van der Waals surface area contributed by atoms with Crippen molar-refractivity contribution in [1.29, 1.82) is 0 Å². The number of aliphatic hydroxyl groups is 1. The van der Waals surface area contributed by atoms with E-state index in [2.05, 4.69) is 9.97 Å². The van der Waals surface area contributed by atoms with Gasteiger partial charge in [0, 0.05) is 20.1 Å². The Hall–Kier alpha value is -2.39. The van der Waals surface area contributed by atoms with Crippen LogP contribution in [0.15, 0.2) is 16.9 Å². The molecular weight excluding hydrogens is 410 g/mol. The molecule has 1 saturated heterocycles. The Morgan fingerprint density at radius 3 is 2.57 bits per heavy atom. The number of aliphatic hydroxyl groups excluding tert-OH is 1. The number of hydrogen-bond donors (Lipinski definition) is 1. The third-order valence-corrected chi connectivity index (χ3v) is 5.39. The Morgan fingerprint density at radius 2 is 1.97 bits per heavy atom. The van der Waals surface area contributed by atoms with Crippen molar-refractivity contribution < 1.29 is 14.6 Å². The molecule has 1 aliphatic heterocycles. The lowest BCUT2D eigenvalue weighted by atomic mass is 10.0. The minimum Gasteiger partial charge on any atom is -0.444 e. The first-order valence-electron chi connectivity index (χ1n) is 9.96. The van der Waals surface area contributed by atoms with Gasteiger partial charge in [0.1, 0.15) is 16.3 Å². The Kier molecular flexibility index (Phi) is 6.24. The summed E-state index contributed by atoms with van der Waals surface area (Å²) >= 11 is 6.11. The highest BCUT2D eigenvalue weighted by Crippen LogP contribution is 2.29. The molecule has 0 radical (unpaired) electrons. The van der Waals surface area contributed by atoms with Crippen LogP contribution in [0, 0.1) is 0 Å². The second-order valence-electron chi connectivity index (χ2n) is 8.46. The number of hydrogen-bond acceptors (Lipinski definition) is 7. The summed E-state index contributed by atoms with van der Waals surface area (Å²) < 4.78 is 6.96. The number of aryl methyl sites for hydroxylation is 1. The minimum absolute atomic E-state index is 0.178. The summed E-state index contributed by atoms with van der Waals surface area (Å²) in [5.74, 6) is 0.358. The molecule has 1 fully saturated rings. The molecule has 0 saturated carbocycles. The molecule has 0 aromatic carbocycles. The molecule has 2 unspecified atom stereocenters. The van der Waals surface area contributed by atoms with E-state index in [-0.39, 0.29) is 24.3 Å². The highest BCUT2D eigenvalue weighted by molar-refractivity contribution is 6.29. The second-order valence-corrected chi connectivity index (χ2v) is 8.85. The van der Waals surface area contributed by atoms with Crippen LogP contribution >= 0.6 is 11.6 Å². The molecule has 0 aliphatic carbocycles. The number of pyridine rings is 1. The monoisotopic (exact) mass is 437 g/mol. The van der Waals surface area contributed by atoms with E-state index in [1.165, 1.54) is 4.57 Å². The fourth-order valence-electron chi connectivity index (χ4n) is 3.64. The number of anilines is 1. The largest absolute Gasteiger partial charge is 0.444 e. The van der Waals surface area contributed by atoms with Gasteiger partial charge < -0.3 is 19.6 Å². The van der Waals surface area contributed by atoms with Crippen molar-refractivity contribution in [3.05, 3.63) is 27.8 Å². The summed E-state index contributed by atoms with van der Waals surface area (Å²) in [4.78, 5) is 37.3. The maximum absolute atomic E-state index is 12.7.